The van der Waals surface area contributed by atoms with E-state index in [0.717, 1.165) is 0 Å². The Morgan fingerprint density at radius 1 is 1.13 bits per heavy atom. The highest BCUT2D eigenvalue weighted by molar-refractivity contribution is 7.99. The summed E-state index contributed by atoms with van der Waals surface area (Å²) in [4.78, 5) is 0. The van der Waals surface area contributed by atoms with Crippen LogP contribution in [0.5, 0.6) is 0 Å². The van der Waals surface area contributed by atoms with E-state index in [0.29, 0.717) is 11.3 Å². The molecule has 0 spiro atoms. The summed E-state index contributed by atoms with van der Waals surface area (Å²) in [7, 11) is 0. The summed E-state index contributed by atoms with van der Waals surface area (Å²) < 4.78 is 0. The van der Waals surface area contributed by atoms with Crippen LogP contribution in [0.2, 0.25) is 0 Å². The fourth-order valence-electron chi connectivity index (χ4n) is 1.77. The van der Waals surface area contributed by atoms with Gasteiger partial charge in [-0.2, -0.15) is 11.8 Å². The molecular formula is C14H22S. The van der Waals surface area contributed by atoms with E-state index in [1.54, 1.807) is 0 Å². The van der Waals surface area contributed by atoms with Gasteiger partial charge in [0, 0.05) is 5.75 Å². The standard InChI is InChI=1S/C14H22S/c1-5-15-11-13(14(2,3)4)12-9-7-6-8-10-12/h6-10,13H,5,11H2,1-4H3. The molecule has 0 aliphatic carbocycles. The summed E-state index contributed by atoms with van der Waals surface area (Å²) in [5.74, 6) is 3.09. The lowest BCUT2D eigenvalue weighted by Gasteiger charge is -2.31. The molecule has 0 radical (unpaired) electrons. The van der Waals surface area contributed by atoms with Crippen LogP contribution in [-0.2, 0) is 0 Å². The molecule has 0 aliphatic heterocycles. The van der Waals surface area contributed by atoms with Gasteiger partial charge in [-0.3, -0.25) is 0 Å². The van der Waals surface area contributed by atoms with E-state index >= 15 is 0 Å². The smallest absolute Gasteiger partial charge is 0.000640 e. The van der Waals surface area contributed by atoms with Crippen LogP contribution in [0.4, 0.5) is 0 Å². The Bertz CT molecular complexity index is 271. The molecule has 1 atom stereocenters. The van der Waals surface area contributed by atoms with Gasteiger partial charge in [0.15, 0.2) is 0 Å². The number of thioether (sulfide) groups is 1. The third kappa shape index (κ3) is 3.90. The third-order valence-corrected chi connectivity index (χ3v) is 3.71. The van der Waals surface area contributed by atoms with Gasteiger partial charge in [0.25, 0.3) is 0 Å². The van der Waals surface area contributed by atoms with Crippen LogP contribution < -0.4 is 0 Å². The quantitative estimate of drug-likeness (QED) is 0.719. The van der Waals surface area contributed by atoms with E-state index in [9.17, 15) is 0 Å². The van der Waals surface area contributed by atoms with Crippen molar-refractivity contribution in [2.45, 2.75) is 33.6 Å². The van der Waals surface area contributed by atoms with Crippen LogP contribution in [0, 0.1) is 5.41 Å². The molecule has 1 aromatic rings. The third-order valence-electron chi connectivity index (χ3n) is 2.74. The van der Waals surface area contributed by atoms with E-state index in [4.69, 9.17) is 0 Å². The predicted octanol–water partition coefficient (Wildman–Crippen LogP) is 4.57. The molecule has 1 aromatic carbocycles. The van der Waals surface area contributed by atoms with Crippen LogP contribution in [0.25, 0.3) is 0 Å². The molecule has 0 aliphatic rings. The molecule has 15 heavy (non-hydrogen) atoms. The van der Waals surface area contributed by atoms with Crippen molar-refractivity contribution < 1.29 is 0 Å². The van der Waals surface area contributed by atoms with Crippen LogP contribution in [0.3, 0.4) is 0 Å². The lowest BCUT2D eigenvalue weighted by atomic mass is 9.78. The Kier molecular flexibility index (Phi) is 4.72. The van der Waals surface area contributed by atoms with Crippen molar-refractivity contribution in [2.24, 2.45) is 5.41 Å². The van der Waals surface area contributed by atoms with Gasteiger partial charge in [-0.15, -0.1) is 0 Å². The first kappa shape index (κ1) is 12.6. The zero-order chi connectivity index (χ0) is 11.3. The van der Waals surface area contributed by atoms with E-state index in [1.165, 1.54) is 17.1 Å². The van der Waals surface area contributed by atoms with Crippen LogP contribution in [0.15, 0.2) is 30.3 Å². The van der Waals surface area contributed by atoms with E-state index in [-0.39, 0.29) is 0 Å². The largest absolute Gasteiger partial charge is 0.162 e. The number of hydrogen-bond donors (Lipinski definition) is 0. The first-order valence-electron chi connectivity index (χ1n) is 5.68. The molecule has 0 nitrogen and oxygen atoms in total. The minimum Gasteiger partial charge on any atom is -0.162 e. The molecule has 0 bridgehead atoms. The fraction of sp³-hybridized carbons (Fsp3) is 0.571. The Balaban J connectivity index is 2.82. The molecule has 0 saturated heterocycles. The van der Waals surface area contributed by atoms with Gasteiger partial charge in [0.1, 0.15) is 0 Å². The summed E-state index contributed by atoms with van der Waals surface area (Å²) in [6.07, 6.45) is 0. The molecule has 1 rings (SSSR count). The van der Waals surface area contributed by atoms with Gasteiger partial charge in [0.05, 0.1) is 0 Å². The van der Waals surface area contributed by atoms with Crippen molar-refractivity contribution in [1.82, 2.24) is 0 Å². The monoisotopic (exact) mass is 222 g/mol. The van der Waals surface area contributed by atoms with Crippen LogP contribution in [0.1, 0.15) is 39.2 Å². The van der Waals surface area contributed by atoms with Crippen molar-refractivity contribution in [2.75, 3.05) is 11.5 Å². The summed E-state index contributed by atoms with van der Waals surface area (Å²) in [5.41, 5.74) is 1.83. The molecule has 1 unspecified atom stereocenters. The normalized spacial score (nSPS) is 13.9. The molecule has 0 fully saturated rings. The molecule has 0 aromatic heterocycles. The van der Waals surface area contributed by atoms with Gasteiger partial charge in [0.2, 0.25) is 0 Å². The Morgan fingerprint density at radius 2 is 1.73 bits per heavy atom. The second kappa shape index (κ2) is 5.60. The second-order valence-electron chi connectivity index (χ2n) is 4.99. The molecule has 0 amide bonds. The minimum atomic E-state index is 0.351. The summed E-state index contributed by atoms with van der Waals surface area (Å²) in [6.45, 7) is 9.23. The number of rotatable bonds is 4. The van der Waals surface area contributed by atoms with Crippen molar-refractivity contribution in [3.05, 3.63) is 35.9 Å². The van der Waals surface area contributed by atoms with Gasteiger partial charge >= 0.3 is 0 Å². The topological polar surface area (TPSA) is 0 Å². The van der Waals surface area contributed by atoms with E-state index in [2.05, 4.69) is 58.0 Å². The molecule has 0 saturated carbocycles. The average Bonchev–Trinajstić information content (AvgIpc) is 2.18. The molecule has 0 N–H and O–H groups in total. The van der Waals surface area contributed by atoms with Crippen molar-refractivity contribution in [1.29, 1.82) is 0 Å². The van der Waals surface area contributed by atoms with Crippen molar-refractivity contribution in [3.8, 4) is 0 Å². The lowest BCUT2D eigenvalue weighted by Crippen LogP contribution is -2.20. The lowest BCUT2D eigenvalue weighted by molar-refractivity contribution is 0.344. The first-order valence-corrected chi connectivity index (χ1v) is 6.84. The maximum Gasteiger partial charge on any atom is 0.000640 e. The van der Waals surface area contributed by atoms with Gasteiger partial charge in [-0.1, -0.05) is 58.0 Å². The Labute approximate surface area is 98.5 Å². The maximum atomic E-state index is 2.33. The number of hydrogen-bond acceptors (Lipinski definition) is 1. The highest BCUT2D eigenvalue weighted by Gasteiger charge is 2.25. The summed E-state index contributed by atoms with van der Waals surface area (Å²) >= 11 is 2.04. The SMILES string of the molecule is CCSCC(c1ccccc1)C(C)(C)C. The molecular weight excluding hydrogens is 200 g/mol. The number of benzene rings is 1. The van der Waals surface area contributed by atoms with E-state index < -0.39 is 0 Å². The zero-order valence-corrected chi connectivity index (χ0v) is 11.1. The van der Waals surface area contributed by atoms with Crippen LogP contribution in [-0.4, -0.2) is 11.5 Å². The van der Waals surface area contributed by atoms with Crippen molar-refractivity contribution in [3.63, 3.8) is 0 Å². The summed E-state index contributed by atoms with van der Waals surface area (Å²) in [5, 5.41) is 0. The molecule has 1 heteroatoms. The van der Waals surface area contributed by atoms with E-state index in [1.807, 2.05) is 11.8 Å². The Hall–Kier alpha value is -0.430. The molecule has 84 valence electrons. The van der Waals surface area contributed by atoms with Gasteiger partial charge in [-0.25, -0.2) is 0 Å². The highest BCUT2D eigenvalue weighted by atomic mass is 32.2. The zero-order valence-electron chi connectivity index (χ0n) is 10.3. The Morgan fingerprint density at radius 3 is 2.20 bits per heavy atom. The van der Waals surface area contributed by atoms with Crippen LogP contribution >= 0.6 is 11.8 Å². The van der Waals surface area contributed by atoms with Gasteiger partial charge < -0.3 is 0 Å². The highest BCUT2D eigenvalue weighted by Crippen LogP contribution is 2.37. The predicted molar refractivity (Wildman–Crippen MR) is 71.6 cm³/mol. The first-order chi connectivity index (χ1) is 7.05. The second-order valence-corrected chi connectivity index (χ2v) is 6.31. The maximum absolute atomic E-state index is 2.33. The minimum absolute atomic E-state index is 0.351. The molecule has 0 heterocycles. The fourth-order valence-corrected chi connectivity index (χ4v) is 2.93. The average molecular weight is 222 g/mol. The van der Waals surface area contributed by atoms with Gasteiger partial charge in [-0.05, 0) is 22.6 Å². The summed E-state index contributed by atoms with van der Waals surface area (Å²) in [6, 6.07) is 10.9. The van der Waals surface area contributed by atoms with Crippen molar-refractivity contribution >= 4 is 11.8 Å².